The first-order valence-electron chi connectivity index (χ1n) is 5.74. The zero-order valence-electron chi connectivity index (χ0n) is 9.87. The fraction of sp³-hybridized carbons (Fsp3) is 0.571. The highest BCUT2D eigenvalue weighted by Crippen LogP contribution is 2.42. The van der Waals surface area contributed by atoms with Crippen LogP contribution in [0.25, 0.3) is 0 Å². The summed E-state index contributed by atoms with van der Waals surface area (Å²) in [5.74, 6) is 0.513. The van der Waals surface area contributed by atoms with Crippen LogP contribution < -0.4 is 0 Å². The van der Waals surface area contributed by atoms with Gasteiger partial charge in [-0.3, -0.25) is 0 Å². The van der Waals surface area contributed by atoms with Crippen molar-refractivity contribution in [1.29, 1.82) is 0 Å². The van der Waals surface area contributed by atoms with Crippen molar-refractivity contribution in [1.82, 2.24) is 0 Å². The average Bonchev–Trinajstić information content (AvgIpc) is 2.22. The van der Waals surface area contributed by atoms with Crippen LogP contribution in [0.15, 0.2) is 36.5 Å². The van der Waals surface area contributed by atoms with Gasteiger partial charge in [-0.05, 0) is 32.1 Å². The molecule has 1 nitrogen and oxygen atoms in total. The van der Waals surface area contributed by atoms with Gasteiger partial charge in [0.2, 0.25) is 0 Å². The minimum atomic E-state index is 0.106. The van der Waals surface area contributed by atoms with Crippen LogP contribution in [0.1, 0.15) is 33.1 Å². The minimum Gasteiger partial charge on any atom is -0.396 e. The first-order chi connectivity index (χ1) is 7.14. The van der Waals surface area contributed by atoms with Crippen molar-refractivity contribution in [2.45, 2.75) is 33.1 Å². The quantitative estimate of drug-likeness (QED) is 0.698. The van der Waals surface area contributed by atoms with Gasteiger partial charge in [-0.25, -0.2) is 0 Å². The molecular weight excluding hydrogens is 184 g/mol. The molecule has 0 aromatic rings. The highest BCUT2D eigenvalue weighted by molar-refractivity contribution is 5.21. The zero-order chi connectivity index (χ0) is 11.3. The third kappa shape index (κ3) is 2.82. The topological polar surface area (TPSA) is 20.2 Å². The van der Waals surface area contributed by atoms with Crippen molar-refractivity contribution in [3.05, 3.63) is 36.5 Å². The molecule has 1 N–H and O–H groups in total. The molecule has 1 rings (SSSR count). The normalized spacial score (nSPS) is 31.7. The summed E-state index contributed by atoms with van der Waals surface area (Å²) in [6, 6.07) is 0. The lowest BCUT2D eigenvalue weighted by atomic mass is 9.68. The lowest BCUT2D eigenvalue weighted by molar-refractivity contribution is 0.299. The molecule has 84 valence electrons. The van der Waals surface area contributed by atoms with Gasteiger partial charge in [-0.1, -0.05) is 36.8 Å². The monoisotopic (exact) mass is 206 g/mol. The molecule has 1 heteroatoms. The Bertz CT molecular complexity index is 275. The summed E-state index contributed by atoms with van der Waals surface area (Å²) in [4.78, 5) is 0. The van der Waals surface area contributed by atoms with Gasteiger partial charge in [0.05, 0.1) is 0 Å². The van der Waals surface area contributed by atoms with E-state index in [1.54, 1.807) is 0 Å². The average molecular weight is 206 g/mol. The van der Waals surface area contributed by atoms with E-state index >= 15 is 0 Å². The molecule has 0 aliphatic heterocycles. The van der Waals surface area contributed by atoms with Crippen molar-refractivity contribution >= 4 is 0 Å². The molecule has 1 aliphatic carbocycles. The van der Waals surface area contributed by atoms with E-state index in [9.17, 15) is 0 Å². The number of aliphatic hydroxyl groups is 1. The second-order valence-corrected chi connectivity index (χ2v) is 4.53. The Morgan fingerprint density at radius 1 is 1.67 bits per heavy atom. The summed E-state index contributed by atoms with van der Waals surface area (Å²) in [6.45, 7) is 8.64. The van der Waals surface area contributed by atoms with E-state index in [1.165, 1.54) is 5.57 Å². The molecule has 1 aliphatic rings. The molecule has 0 saturated heterocycles. The van der Waals surface area contributed by atoms with Gasteiger partial charge in [0, 0.05) is 12.0 Å². The van der Waals surface area contributed by atoms with Crippen LogP contribution in [0.4, 0.5) is 0 Å². The number of hydrogen-bond acceptors (Lipinski definition) is 1. The minimum absolute atomic E-state index is 0.106. The van der Waals surface area contributed by atoms with E-state index in [0.29, 0.717) is 5.92 Å². The van der Waals surface area contributed by atoms with Crippen LogP contribution >= 0.6 is 0 Å². The summed E-state index contributed by atoms with van der Waals surface area (Å²) in [5, 5.41) is 8.77. The van der Waals surface area contributed by atoms with Crippen LogP contribution in [-0.2, 0) is 0 Å². The smallest absolute Gasteiger partial charge is 0.0465 e. The molecule has 0 radical (unpaired) electrons. The van der Waals surface area contributed by atoms with Gasteiger partial charge in [-0.2, -0.15) is 0 Å². The summed E-state index contributed by atoms with van der Waals surface area (Å²) in [5.41, 5.74) is 1.59. The van der Waals surface area contributed by atoms with E-state index in [2.05, 4.69) is 44.7 Å². The van der Waals surface area contributed by atoms with Crippen LogP contribution in [0.3, 0.4) is 0 Å². The standard InChI is InChI=1S/C14H22O/c1-4-14(8-5-6-10-15)9-7-12(2)11-13(14)3/h4-5,8,11,13,15H,1,6-7,9-10H2,2-3H3. The van der Waals surface area contributed by atoms with E-state index in [-0.39, 0.29) is 12.0 Å². The van der Waals surface area contributed by atoms with Gasteiger partial charge in [0.15, 0.2) is 0 Å². The molecule has 0 fully saturated rings. The van der Waals surface area contributed by atoms with Gasteiger partial charge >= 0.3 is 0 Å². The molecule has 15 heavy (non-hydrogen) atoms. The molecule has 0 heterocycles. The second-order valence-electron chi connectivity index (χ2n) is 4.53. The number of allylic oxidation sites excluding steroid dienone is 4. The Morgan fingerprint density at radius 3 is 2.93 bits per heavy atom. The molecule has 0 spiro atoms. The summed E-state index contributed by atoms with van der Waals surface area (Å²) >= 11 is 0. The van der Waals surface area contributed by atoms with E-state index < -0.39 is 0 Å². The van der Waals surface area contributed by atoms with Crippen LogP contribution in [0, 0.1) is 11.3 Å². The van der Waals surface area contributed by atoms with Crippen LogP contribution in [0.5, 0.6) is 0 Å². The molecule has 2 atom stereocenters. The van der Waals surface area contributed by atoms with Gasteiger partial charge in [0.1, 0.15) is 0 Å². The highest BCUT2D eigenvalue weighted by atomic mass is 16.2. The predicted octanol–water partition coefficient (Wildman–Crippen LogP) is 3.47. The molecule has 0 aromatic heterocycles. The number of rotatable bonds is 4. The van der Waals surface area contributed by atoms with Crippen molar-refractivity contribution in [2.75, 3.05) is 6.61 Å². The van der Waals surface area contributed by atoms with Gasteiger partial charge < -0.3 is 5.11 Å². The lowest BCUT2D eigenvalue weighted by Crippen LogP contribution is -2.26. The SMILES string of the molecule is C=CC1(C=CCCO)CCC(C)=CC1C. The Hall–Kier alpha value is -0.820. The zero-order valence-corrected chi connectivity index (χ0v) is 9.87. The maximum absolute atomic E-state index is 8.77. The molecule has 0 amide bonds. The van der Waals surface area contributed by atoms with E-state index in [0.717, 1.165) is 19.3 Å². The fourth-order valence-electron chi connectivity index (χ4n) is 2.28. The maximum Gasteiger partial charge on any atom is 0.0465 e. The summed E-state index contributed by atoms with van der Waals surface area (Å²) in [6.07, 6.45) is 11.7. The second kappa shape index (κ2) is 5.32. The Labute approximate surface area is 93.2 Å². The van der Waals surface area contributed by atoms with Crippen LogP contribution in [0.2, 0.25) is 0 Å². The first-order valence-corrected chi connectivity index (χ1v) is 5.74. The van der Waals surface area contributed by atoms with Crippen molar-refractivity contribution in [2.24, 2.45) is 11.3 Å². The van der Waals surface area contributed by atoms with Gasteiger partial charge in [0.25, 0.3) is 0 Å². The largest absolute Gasteiger partial charge is 0.396 e. The molecule has 2 unspecified atom stereocenters. The van der Waals surface area contributed by atoms with Crippen molar-refractivity contribution in [3.8, 4) is 0 Å². The van der Waals surface area contributed by atoms with Crippen molar-refractivity contribution < 1.29 is 5.11 Å². The number of aliphatic hydroxyl groups excluding tert-OH is 1. The summed E-state index contributed by atoms with van der Waals surface area (Å²) in [7, 11) is 0. The summed E-state index contributed by atoms with van der Waals surface area (Å²) < 4.78 is 0. The predicted molar refractivity (Wildman–Crippen MR) is 65.6 cm³/mol. The van der Waals surface area contributed by atoms with Crippen molar-refractivity contribution in [3.63, 3.8) is 0 Å². The van der Waals surface area contributed by atoms with E-state index in [4.69, 9.17) is 5.11 Å². The maximum atomic E-state index is 8.77. The molecule has 0 bridgehead atoms. The van der Waals surface area contributed by atoms with E-state index in [1.807, 2.05) is 0 Å². The first kappa shape index (κ1) is 12.3. The fourth-order valence-corrected chi connectivity index (χ4v) is 2.28. The Morgan fingerprint density at radius 2 is 2.40 bits per heavy atom. The lowest BCUT2D eigenvalue weighted by Gasteiger charge is -2.36. The van der Waals surface area contributed by atoms with Crippen LogP contribution in [-0.4, -0.2) is 11.7 Å². The third-order valence-electron chi connectivity index (χ3n) is 3.44. The molecule has 0 saturated carbocycles. The Kier molecular flexibility index (Phi) is 4.34. The number of hydrogen-bond donors (Lipinski definition) is 1. The Balaban J connectivity index is 2.81. The molecular formula is C14H22O. The third-order valence-corrected chi connectivity index (χ3v) is 3.44. The molecule has 0 aromatic carbocycles. The highest BCUT2D eigenvalue weighted by Gasteiger charge is 2.31. The van der Waals surface area contributed by atoms with Gasteiger partial charge in [-0.15, -0.1) is 6.58 Å².